The molecule has 0 bridgehead atoms. The maximum absolute atomic E-state index is 9.02. The number of unbranched alkanes of at least 4 members (excludes halogenated alkanes) is 1. The molecule has 0 atom stereocenters. The summed E-state index contributed by atoms with van der Waals surface area (Å²) in [5.41, 5.74) is 1.14. The van der Waals surface area contributed by atoms with E-state index >= 15 is 0 Å². The Kier molecular flexibility index (Phi) is 5.95. The van der Waals surface area contributed by atoms with E-state index in [1.807, 2.05) is 0 Å². The second-order valence-corrected chi connectivity index (χ2v) is 5.39. The van der Waals surface area contributed by atoms with Gasteiger partial charge in [0.05, 0.1) is 18.8 Å². The van der Waals surface area contributed by atoms with Gasteiger partial charge in [0.15, 0.2) is 0 Å². The molecule has 1 aromatic rings. The summed E-state index contributed by atoms with van der Waals surface area (Å²) in [7, 11) is 0. The first-order chi connectivity index (χ1) is 7.67. The average molecular weight is 242 g/mol. The van der Waals surface area contributed by atoms with Gasteiger partial charge in [-0.05, 0) is 26.8 Å². The van der Waals surface area contributed by atoms with Crippen LogP contribution in [0.5, 0.6) is 0 Å². The Morgan fingerprint density at radius 3 is 2.56 bits per heavy atom. The number of aliphatic hydroxyl groups excluding tert-OH is 1. The van der Waals surface area contributed by atoms with Crippen molar-refractivity contribution in [3.8, 4) is 0 Å². The SMILES string of the molecule is CCCCN(CCO)Cc1nc(C)c(C)s1. The summed E-state index contributed by atoms with van der Waals surface area (Å²) in [6.45, 7) is 9.25. The predicted octanol–water partition coefficient (Wildman–Crippen LogP) is 2.35. The highest BCUT2D eigenvalue weighted by atomic mass is 32.1. The Morgan fingerprint density at radius 2 is 2.06 bits per heavy atom. The van der Waals surface area contributed by atoms with Crippen molar-refractivity contribution < 1.29 is 5.11 Å². The van der Waals surface area contributed by atoms with E-state index in [9.17, 15) is 0 Å². The Bertz CT molecular complexity index is 292. The molecule has 1 heterocycles. The zero-order chi connectivity index (χ0) is 12.0. The summed E-state index contributed by atoms with van der Waals surface area (Å²) in [6, 6.07) is 0. The van der Waals surface area contributed by atoms with Crippen molar-refractivity contribution in [3.05, 3.63) is 15.6 Å². The summed E-state index contributed by atoms with van der Waals surface area (Å²) in [5, 5.41) is 10.2. The zero-order valence-corrected chi connectivity index (χ0v) is 11.3. The van der Waals surface area contributed by atoms with Crippen LogP contribution in [0.3, 0.4) is 0 Å². The molecule has 0 amide bonds. The van der Waals surface area contributed by atoms with Gasteiger partial charge in [0.1, 0.15) is 5.01 Å². The van der Waals surface area contributed by atoms with Gasteiger partial charge >= 0.3 is 0 Å². The lowest BCUT2D eigenvalue weighted by molar-refractivity contribution is 0.188. The highest BCUT2D eigenvalue weighted by Crippen LogP contribution is 2.18. The normalized spacial score (nSPS) is 11.3. The second kappa shape index (κ2) is 6.99. The quantitative estimate of drug-likeness (QED) is 0.797. The Hall–Kier alpha value is -0.450. The number of thiazole rings is 1. The summed E-state index contributed by atoms with van der Waals surface area (Å²) < 4.78 is 0. The van der Waals surface area contributed by atoms with Crippen LogP contribution in [0, 0.1) is 13.8 Å². The van der Waals surface area contributed by atoms with E-state index in [4.69, 9.17) is 5.11 Å². The molecule has 92 valence electrons. The molecule has 0 aliphatic heterocycles. The number of rotatable bonds is 7. The molecule has 0 aromatic carbocycles. The number of aromatic nitrogens is 1. The van der Waals surface area contributed by atoms with E-state index in [1.165, 1.54) is 22.7 Å². The minimum absolute atomic E-state index is 0.229. The largest absolute Gasteiger partial charge is 0.395 e. The molecule has 1 aromatic heterocycles. The van der Waals surface area contributed by atoms with Crippen LogP contribution in [0.2, 0.25) is 0 Å². The van der Waals surface area contributed by atoms with Crippen molar-refractivity contribution >= 4 is 11.3 Å². The average Bonchev–Trinajstić information content (AvgIpc) is 2.55. The summed E-state index contributed by atoms with van der Waals surface area (Å²) >= 11 is 1.77. The number of aryl methyl sites for hydroxylation is 2. The van der Waals surface area contributed by atoms with Crippen molar-refractivity contribution in [2.24, 2.45) is 0 Å². The molecule has 0 unspecified atom stereocenters. The lowest BCUT2D eigenvalue weighted by Gasteiger charge is -2.19. The van der Waals surface area contributed by atoms with Gasteiger partial charge in [0.25, 0.3) is 0 Å². The number of hydrogen-bond acceptors (Lipinski definition) is 4. The molecule has 0 saturated heterocycles. The molecule has 0 spiro atoms. The third-order valence-corrected chi connectivity index (χ3v) is 3.73. The van der Waals surface area contributed by atoms with Crippen LogP contribution in [0.25, 0.3) is 0 Å². The Labute approximate surface area is 102 Å². The molecule has 0 saturated carbocycles. The maximum atomic E-state index is 9.02. The van der Waals surface area contributed by atoms with Crippen molar-refractivity contribution in [1.82, 2.24) is 9.88 Å². The van der Waals surface area contributed by atoms with Crippen molar-refractivity contribution in [2.45, 2.75) is 40.2 Å². The van der Waals surface area contributed by atoms with Crippen LogP contribution >= 0.6 is 11.3 Å². The van der Waals surface area contributed by atoms with Crippen molar-refractivity contribution in [1.29, 1.82) is 0 Å². The fourth-order valence-corrected chi connectivity index (χ4v) is 2.57. The molecule has 3 nitrogen and oxygen atoms in total. The summed E-state index contributed by atoms with van der Waals surface area (Å²) in [4.78, 5) is 8.11. The first kappa shape index (κ1) is 13.6. The molecule has 0 aliphatic carbocycles. The van der Waals surface area contributed by atoms with Gasteiger partial charge < -0.3 is 5.11 Å². The number of aliphatic hydroxyl groups is 1. The standard InChI is InChI=1S/C12H22N2OS/c1-4-5-6-14(7-8-15)9-12-13-10(2)11(3)16-12/h15H,4-9H2,1-3H3. The van der Waals surface area contributed by atoms with Crippen LogP contribution in [0.15, 0.2) is 0 Å². The van der Waals surface area contributed by atoms with E-state index in [1.54, 1.807) is 11.3 Å². The van der Waals surface area contributed by atoms with Crippen molar-refractivity contribution in [2.75, 3.05) is 19.7 Å². The van der Waals surface area contributed by atoms with Crippen LogP contribution in [-0.2, 0) is 6.54 Å². The number of nitrogens with zero attached hydrogens (tertiary/aromatic N) is 2. The van der Waals surface area contributed by atoms with Crippen LogP contribution in [-0.4, -0.2) is 34.7 Å². The molecular weight excluding hydrogens is 220 g/mol. The van der Waals surface area contributed by atoms with E-state index < -0.39 is 0 Å². The summed E-state index contributed by atoms with van der Waals surface area (Å²) in [6.07, 6.45) is 2.38. The van der Waals surface area contributed by atoms with Crippen LogP contribution < -0.4 is 0 Å². The lowest BCUT2D eigenvalue weighted by Crippen LogP contribution is -2.27. The minimum atomic E-state index is 0.229. The fourth-order valence-electron chi connectivity index (χ4n) is 1.59. The van der Waals surface area contributed by atoms with Gasteiger partial charge in [-0.2, -0.15) is 0 Å². The van der Waals surface area contributed by atoms with Gasteiger partial charge in [-0.3, -0.25) is 4.90 Å². The van der Waals surface area contributed by atoms with E-state index in [2.05, 4.69) is 30.7 Å². The fraction of sp³-hybridized carbons (Fsp3) is 0.750. The third-order valence-electron chi connectivity index (χ3n) is 2.68. The first-order valence-corrected chi connectivity index (χ1v) is 6.75. The third kappa shape index (κ3) is 4.20. The predicted molar refractivity (Wildman–Crippen MR) is 68.9 cm³/mol. The topological polar surface area (TPSA) is 36.4 Å². The molecular formula is C12H22N2OS. The molecule has 4 heteroatoms. The zero-order valence-electron chi connectivity index (χ0n) is 10.5. The second-order valence-electron chi connectivity index (χ2n) is 4.10. The van der Waals surface area contributed by atoms with Gasteiger partial charge in [-0.25, -0.2) is 4.98 Å². The molecule has 0 aliphatic rings. The Morgan fingerprint density at radius 1 is 1.31 bits per heavy atom. The van der Waals surface area contributed by atoms with E-state index in [0.29, 0.717) is 0 Å². The maximum Gasteiger partial charge on any atom is 0.107 e. The molecule has 0 fully saturated rings. The van der Waals surface area contributed by atoms with Crippen molar-refractivity contribution in [3.63, 3.8) is 0 Å². The minimum Gasteiger partial charge on any atom is -0.395 e. The molecule has 1 N–H and O–H groups in total. The smallest absolute Gasteiger partial charge is 0.107 e. The van der Waals surface area contributed by atoms with Crippen LogP contribution in [0.1, 0.15) is 35.3 Å². The van der Waals surface area contributed by atoms with Gasteiger partial charge in [0, 0.05) is 11.4 Å². The molecule has 1 rings (SSSR count). The number of hydrogen-bond donors (Lipinski definition) is 1. The Balaban J connectivity index is 2.52. The molecule has 0 radical (unpaired) electrons. The molecule has 16 heavy (non-hydrogen) atoms. The first-order valence-electron chi connectivity index (χ1n) is 5.93. The van der Waals surface area contributed by atoms with E-state index in [-0.39, 0.29) is 6.61 Å². The van der Waals surface area contributed by atoms with Gasteiger partial charge in [-0.15, -0.1) is 11.3 Å². The lowest BCUT2D eigenvalue weighted by atomic mass is 10.3. The van der Waals surface area contributed by atoms with Crippen LogP contribution in [0.4, 0.5) is 0 Å². The highest BCUT2D eigenvalue weighted by molar-refractivity contribution is 7.11. The van der Waals surface area contributed by atoms with Gasteiger partial charge in [-0.1, -0.05) is 13.3 Å². The van der Waals surface area contributed by atoms with E-state index in [0.717, 1.165) is 25.3 Å². The van der Waals surface area contributed by atoms with Gasteiger partial charge in [0.2, 0.25) is 0 Å². The monoisotopic (exact) mass is 242 g/mol. The highest BCUT2D eigenvalue weighted by Gasteiger charge is 2.09. The summed E-state index contributed by atoms with van der Waals surface area (Å²) in [5.74, 6) is 0.